The minimum Gasteiger partial charge on any atom is -0.387 e. The maximum Gasteiger partial charge on any atom is 0.433 e. The molecule has 0 amide bonds. The molecule has 210 valence electrons. The zero-order valence-corrected chi connectivity index (χ0v) is 21.3. The Kier molecular flexibility index (Phi) is 7.85. The van der Waals surface area contributed by atoms with Crippen molar-refractivity contribution in [3.8, 4) is 0 Å². The fourth-order valence-electron chi connectivity index (χ4n) is 5.36. The first-order chi connectivity index (χ1) is 19.0. The summed E-state index contributed by atoms with van der Waals surface area (Å²) >= 11 is 0. The van der Waals surface area contributed by atoms with Crippen LogP contribution in [-0.2, 0) is 12.4 Å². The maximum absolute atomic E-state index is 13.6. The normalized spacial score (nSPS) is 16.5. The van der Waals surface area contributed by atoms with Gasteiger partial charge in [0.15, 0.2) is 0 Å². The summed E-state index contributed by atoms with van der Waals surface area (Å²) in [5, 5.41) is 10.9. The molecule has 0 bridgehead atoms. The number of alkyl halides is 6. The fourth-order valence-corrected chi connectivity index (χ4v) is 5.36. The Morgan fingerprint density at radius 3 is 1.82 bits per heavy atom. The molecule has 0 saturated carbocycles. The second-order valence-corrected chi connectivity index (χ2v) is 9.87. The van der Waals surface area contributed by atoms with Crippen molar-refractivity contribution in [1.29, 1.82) is 0 Å². The molecule has 0 aliphatic carbocycles. The Labute approximate surface area is 227 Å². The van der Waals surface area contributed by atoms with Crippen LogP contribution in [0.3, 0.4) is 0 Å². The van der Waals surface area contributed by atoms with Crippen molar-refractivity contribution in [3.63, 3.8) is 0 Å². The third kappa shape index (κ3) is 5.99. The second kappa shape index (κ2) is 11.2. The largest absolute Gasteiger partial charge is 0.433 e. The van der Waals surface area contributed by atoms with Crippen molar-refractivity contribution in [3.05, 3.63) is 113 Å². The lowest BCUT2D eigenvalue weighted by molar-refractivity contribution is -0.142. The predicted octanol–water partition coefficient (Wildman–Crippen LogP) is 6.71. The number of benzene rings is 3. The van der Waals surface area contributed by atoms with Gasteiger partial charge in [0.1, 0.15) is 5.69 Å². The number of nitrogens with zero attached hydrogens (tertiary/aromatic N) is 3. The van der Waals surface area contributed by atoms with Crippen molar-refractivity contribution in [2.75, 3.05) is 32.7 Å². The second-order valence-electron chi connectivity index (χ2n) is 9.87. The molecule has 1 aliphatic heterocycles. The Hall–Kier alpha value is -3.47. The zero-order chi connectivity index (χ0) is 28.5. The molecule has 3 aromatic carbocycles. The summed E-state index contributed by atoms with van der Waals surface area (Å²) in [6.45, 7) is 2.28. The Balaban J connectivity index is 1.38. The van der Waals surface area contributed by atoms with E-state index in [0.29, 0.717) is 38.3 Å². The first-order valence-corrected chi connectivity index (χ1v) is 12.8. The number of rotatable bonds is 6. The van der Waals surface area contributed by atoms with Crippen LogP contribution in [0.15, 0.2) is 84.9 Å². The number of hydrogen-bond acceptors (Lipinski definition) is 4. The SMILES string of the molecule is O[C@@H](CN1CCN(C(c2ccccc2)c2ccccc2)CC1)c1cc(C(F)(F)F)nc2c(C(F)(F)F)cccc12. The van der Waals surface area contributed by atoms with Crippen molar-refractivity contribution in [2.24, 2.45) is 0 Å². The molecule has 2 heterocycles. The Morgan fingerprint density at radius 2 is 1.30 bits per heavy atom. The maximum atomic E-state index is 13.6. The molecule has 4 aromatic rings. The van der Waals surface area contributed by atoms with E-state index in [1.54, 1.807) is 0 Å². The lowest BCUT2D eigenvalue weighted by Gasteiger charge is -2.40. The summed E-state index contributed by atoms with van der Waals surface area (Å²) in [5.74, 6) is 0. The van der Waals surface area contributed by atoms with E-state index in [9.17, 15) is 31.4 Å². The van der Waals surface area contributed by atoms with Gasteiger partial charge in [0.05, 0.1) is 23.2 Å². The number of fused-ring (bicyclic) bond motifs is 1. The van der Waals surface area contributed by atoms with E-state index in [0.717, 1.165) is 17.2 Å². The van der Waals surface area contributed by atoms with Gasteiger partial charge in [-0.3, -0.25) is 9.80 Å². The van der Waals surface area contributed by atoms with E-state index < -0.39 is 35.2 Å². The first kappa shape index (κ1) is 28.1. The zero-order valence-electron chi connectivity index (χ0n) is 21.3. The van der Waals surface area contributed by atoms with Crippen LogP contribution < -0.4 is 0 Å². The number of aliphatic hydroxyl groups excluding tert-OH is 1. The van der Waals surface area contributed by atoms with Crippen LogP contribution in [0.25, 0.3) is 10.9 Å². The van der Waals surface area contributed by atoms with Gasteiger partial charge in [-0.05, 0) is 28.8 Å². The van der Waals surface area contributed by atoms with Gasteiger partial charge >= 0.3 is 12.4 Å². The predicted molar refractivity (Wildman–Crippen MR) is 139 cm³/mol. The van der Waals surface area contributed by atoms with E-state index in [1.165, 1.54) is 6.07 Å². The molecule has 1 N–H and O–H groups in total. The van der Waals surface area contributed by atoms with Crippen LogP contribution in [0.1, 0.15) is 40.1 Å². The number of para-hydroxylation sites is 1. The Bertz CT molecular complexity index is 1400. The highest BCUT2D eigenvalue weighted by molar-refractivity contribution is 5.86. The van der Waals surface area contributed by atoms with Gasteiger partial charge in [-0.1, -0.05) is 72.8 Å². The van der Waals surface area contributed by atoms with E-state index in [4.69, 9.17) is 0 Å². The molecule has 1 saturated heterocycles. The highest BCUT2D eigenvalue weighted by atomic mass is 19.4. The van der Waals surface area contributed by atoms with Crippen LogP contribution in [-0.4, -0.2) is 52.6 Å². The molecule has 0 radical (unpaired) electrons. The summed E-state index contributed by atoms with van der Waals surface area (Å²) in [6, 6.07) is 23.8. The van der Waals surface area contributed by atoms with Crippen LogP contribution in [0.4, 0.5) is 26.3 Å². The summed E-state index contributed by atoms with van der Waals surface area (Å²) in [4.78, 5) is 7.54. The van der Waals surface area contributed by atoms with Gasteiger partial charge in [-0.2, -0.15) is 26.3 Å². The van der Waals surface area contributed by atoms with Crippen LogP contribution >= 0.6 is 0 Å². The molecule has 1 atom stereocenters. The van der Waals surface area contributed by atoms with Crippen LogP contribution in [0.5, 0.6) is 0 Å². The van der Waals surface area contributed by atoms with Crippen molar-refractivity contribution < 1.29 is 31.4 Å². The minimum absolute atomic E-state index is 0.00810. The van der Waals surface area contributed by atoms with Crippen molar-refractivity contribution in [2.45, 2.75) is 24.5 Å². The molecule has 40 heavy (non-hydrogen) atoms. The van der Waals surface area contributed by atoms with E-state index in [2.05, 4.69) is 34.1 Å². The topological polar surface area (TPSA) is 39.6 Å². The van der Waals surface area contributed by atoms with Gasteiger partial charge < -0.3 is 5.11 Å². The van der Waals surface area contributed by atoms with Gasteiger partial charge in [-0.15, -0.1) is 0 Å². The molecule has 5 rings (SSSR count). The van der Waals surface area contributed by atoms with Crippen molar-refractivity contribution in [1.82, 2.24) is 14.8 Å². The number of aromatic nitrogens is 1. The number of pyridine rings is 1. The highest BCUT2D eigenvalue weighted by Crippen LogP contribution is 2.39. The number of piperazine rings is 1. The molecule has 1 aromatic heterocycles. The lowest BCUT2D eigenvalue weighted by Crippen LogP contribution is -2.48. The van der Waals surface area contributed by atoms with E-state index in [-0.39, 0.29) is 23.5 Å². The smallest absolute Gasteiger partial charge is 0.387 e. The standard InChI is InChI=1S/C30H27F6N3O/c31-29(32,33)24-13-7-12-22-23(18-26(30(34,35)36)37-27(22)24)25(40)19-38-14-16-39(17-15-38)28(20-8-3-1-4-9-20)21-10-5-2-6-11-21/h1-13,18,25,28,40H,14-17,19H2/t25-/m0/s1. The fraction of sp³-hybridized carbons (Fsp3) is 0.300. The highest BCUT2D eigenvalue weighted by Gasteiger charge is 2.38. The van der Waals surface area contributed by atoms with Gasteiger partial charge in [-0.25, -0.2) is 4.98 Å². The van der Waals surface area contributed by atoms with Gasteiger partial charge in [0, 0.05) is 38.1 Å². The third-order valence-electron chi connectivity index (χ3n) is 7.26. The summed E-state index contributed by atoms with van der Waals surface area (Å²) < 4.78 is 81.6. The lowest BCUT2D eigenvalue weighted by atomic mass is 9.96. The molecule has 0 unspecified atom stereocenters. The summed E-state index contributed by atoms with van der Waals surface area (Å²) in [6.07, 6.45) is -11.3. The molecular weight excluding hydrogens is 532 g/mol. The number of β-amino-alcohol motifs (C(OH)–C–C–N with tert-alkyl or cyclic N) is 1. The van der Waals surface area contributed by atoms with Crippen LogP contribution in [0.2, 0.25) is 0 Å². The monoisotopic (exact) mass is 559 g/mol. The van der Waals surface area contributed by atoms with Gasteiger partial charge in [0.2, 0.25) is 0 Å². The van der Waals surface area contributed by atoms with Gasteiger partial charge in [0.25, 0.3) is 0 Å². The summed E-state index contributed by atoms with van der Waals surface area (Å²) in [5.41, 5.74) is -1.53. The number of hydrogen-bond donors (Lipinski definition) is 1. The third-order valence-corrected chi connectivity index (χ3v) is 7.26. The average molecular weight is 560 g/mol. The Morgan fingerprint density at radius 1 is 0.725 bits per heavy atom. The molecule has 1 fully saturated rings. The molecule has 0 spiro atoms. The first-order valence-electron chi connectivity index (χ1n) is 12.8. The average Bonchev–Trinajstić information content (AvgIpc) is 2.93. The minimum atomic E-state index is -4.98. The molecular formula is C30H27F6N3O. The number of halogens is 6. The number of aliphatic hydroxyl groups is 1. The van der Waals surface area contributed by atoms with Crippen LogP contribution in [0, 0.1) is 0 Å². The van der Waals surface area contributed by atoms with E-state index >= 15 is 0 Å². The molecule has 10 heteroatoms. The quantitative estimate of drug-likeness (QED) is 0.267. The van der Waals surface area contributed by atoms with Crippen molar-refractivity contribution >= 4 is 10.9 Å². The van der Waals surface area contributed by atoms with E-state index in [1.807, 2.05) is 41.3 Å². The molecule has 4 nitrogen and oxygen atoms in total. The molecule has 1 aliphatic rings. The summed E-state index contributed by atoms with van der Waals surface area (Å²) in [7, 11) is 0.